The number of benzene rings is 2. The second-order valence-electron chi connectivity index (χ2n) is 5.31. The Hall–Kier alpha value is -1.88. The Balaban J connectivity index is 1.89. The van der Waals surface area contributed by atoms with Crippen LogP contribution in [0.15, 0.2) is 46.9 Å². The third kappa shape index (κ3) is 5.06. The standard InChI is InChI=1S/C18H19BrFNO2/c1-12(14-6-9-17(23-2)16(19)11-14)21-18(22)10-5-13-3-7-15(20)8-4-13/h3-4,6-9,11-12H,5,10H2,1-2H3,(H,21,22). The molecule has 2 aromatic carbocycles. The van der Waals surface area contributed by atoms with Crippen molar-refractivity contribution in [2.75, 3.05) is 7.11 Å². The maximum Gasteiger partial charge on any atom is 0.220 e. The molecule has 1 atom stereocenters. The molecular weight excluding hydrogens is 361 g/mol. The quantitative estimate of drug-likeness (QED) is 0.807. The predicted octanol–water partition coefficient (Wildman–Crippen LogP) is 4.41. The summed E-state index contributed by atoms with van der Waals surface area (Å²) in [7, 11) is 1.61. The number of amides is 1. The lowest BCUT2D eigenvalue weighted by atomic mass is 10.1. The third-order valence-electron chi connectivity index (χ3n) is 3.61. The van der Waals surface area contributed by atoms with Crippen LogP contribution in [0.1, 0.15) is 30.5 Å². The summed E-state index contributed by atoms with van der Waals surface area (Å²) in [5, 5.41) is 2.97. The van der Waals surface area contributed by atoms with Gasteiger partial charge in [0.05, 0.1) is 17.6 Å². The fourth-order valence-corrected chi connectivity index (χ4v) is 2.82. The molecule has 1 amide bonds. The Morgan fingerprint density at radius 3 is 2.57 bits per heavy atom. The van der Waals surface area contributed by atoms with E-state index in [4.69, 9.17) is 4.74 Å². The highest BCUT2D eigenvalue weighted by atomic mass is 79.9. The van der Waals surface area contributed by atoms with E-state index in [0.717, 1.165) is 21.3 Å². The molecule has 23 heavy (non-hydrogen) atoms. The number of halogens is 2. The highest BCUT2D eigenvalue weighted by molar-refractivity contribution is 9.10. The average Bonchev–Trinajstić information content (AvgIpc) is 2.54. The summed E-state index contributed by atoms with van der Waals surface area (Å²) >= 11 is 3.44. The lowest BCUT2D eigenvalue weighted by molar-refractivity contribution is -0.121. The topological polar surface area (TPSA) is 38.3 Å². The van der Waals surface area contributed by atoms with E-state index >= 15 is 0 Å². The Morgan fingerprint density at radius 2 is 1.96 bits per heavy atom. The van der Waals surface area contributed by atoms with Gasteiger partial charge in [-0.3, -0.25) is 4.79 Å². The molecule has 0 aliphatic rings. The minimum Gasteiger partial charge on any atom is -0.496 e. The minimum absolute atomic E-state index is 0.0336. The molecule has 0 aliphatic heterocycles. The molecule has 0 spiro atoms. The van der Waals surface area contributed by atoms with E-state index < -0.39 is 0 Å². The summed E-state index contributed by atoms with van der Waals surface area (Å²) in [5.41, 5.74) is 1.94. The Kier molecular flexibility index (Phi) is 6.16. The SMILES string of the molecule is COc1ccc(C(C)NC(=O)CCc2ccc(F)cc2)cc1Br. The molecule has 2 rings (SSSR count). The summed E-state index contributed by atoms with van der Waals surface area (Å²) < 4.78 is 18.9. The second kappa shape index (κ2) is 8.11. The molecule has 2 aromatic rings. The summed E-state index contributed by atoms with van der Waals surface area (Å²) in [5.74, 6) is 0.453. The van der Waals surface area contributed by atoms with Crippen LogP contribution in [-0.4, -0.2) is 13.0 Å². The maximum absolute atomic E-state index is 12.8. The molecule has 5 heteroatoms. The maximum atomic E-state index is 12.8. The van der Waals surface area contributed by atoms with Gasteiger partial charge >= 0.3 is 0 Å². The summed E-state index contributed by atoms with van der Waals surface area (Å²) in [4.78, 5) is 12.1. The third-order valence-corrected chi connectivity index (χ3v) is 4.23. The summed E-state index contributed by atoms with van der Waals surface area (Å²) in [6.45, 7) is 1.93. The Bertz CT molecular complexity index is 673. The van der Waals surface area contributed by atoms with E-state index in [1.165, 1.54) is 12.1 Å². The number of hydrogen-bond acceptors (Lipinski definition) is 2. The first kappa shape index (κ1) is 17.5. The largest absolute Gasteiger partial charge is 0.496 e. The van der Waals surface area contributed by atoms with Crippen LogP contribution in [0.5, 0.6) is 5.75 Å². The van der Waals surface area contributed by atoms with Crippen molar-refractivity contribution >= 4 is 21.8 Å². The van der Waals surface area contributed by atoms with Gasteiger partial charge in [-0.1, -0.05) is 18.2 Å². The number of carbonyl (C=O) groups excluding carboxylic acids is 1. The molecule has 3 nitrogen and oxygen atoms in total. The van der Waals surface area contributed by atoms with Crippen molar-refractivity contribution < 1.29 is 13.9 Å². The minimum atomic E-state index is -0.267. The van der Waals surface area contributed by atoms with Gasteiger partial charge in [0.2, 0.25) is 5.91 Å². The molecule has 1 N–H and O–H groups in total. The van der Waals surface area contributed by atoms with Crippen molar-refractivity contribution in [2.45, 2.75) is 25.8 Å². The van der Waals surface area contributed by atoms with Crippen LogP contribution in [0.2, 0.25) is 0 Å². The number of carbonyl (C=O) groups is 1. The van der Waals surface area contributed by atoms with E-state index in [-0.39, 0.29) is 17.8 Å². The second-order valence-corrected chi connectivity index (χ2v) is 6.16. The van der Waals surface area contributed by atoms with Gasteiger partial charge in [-0.05, 0) is 64.7 Å². The van der Waals surface area contributed by atoms with Crippen molar-refractivity contribution in [3.63, 3.8) is 0 Å². The van der Waals surface area contributed by atoms with E-state index in [1.807, 2.05) is 25.1 Å². The fraction of sp³-hybridized carbons (Fsp3) is 0.278. The number of hydrogen-bond donors (Lipinski definition) is 1. The first-order valence-corrected chi connectivity index (χ1v) is 8.16. The first-order valence-electron chi connectivity index (χ1n) is 7.37. The molecule has 0 fully saturated rings. The van der Waals surface area contributed by atoms with Gasteiger partial charge in [0.15, 0.2) is 0 Å². The lowest BCUT2D eigenvalue weighted by Crippen LogP contribution is -2.26. The van der Waals surface area contributed by atoms with Crippen LogP contribution in [-0.2, 0) is 11.2 Å². The van der Waals surface area contributed by atoms with E-state index in [0.29, 0.717) is 12.8 Å². The highest BCUT2D eigenvalue weighted by Crippen LogP contribution is 2.28. The molecule has 0 aliphatic carbocycles. The van der Waals surface area contributed by atoms with E-state index in [2.05, 4.69) is 21.2 Å². The van der Waals surface area contributed by atoms with Crippen LogP contribution in [0.4, 0.5) is 4.39 Å². The molecule has 0 saturated carbocycles. The van der Waals surface area contributed by atoms with Crippen molar-refractivity contribution in [2.24, 2.45) is 0 Å². The van der Waals surface area contributed by atoms with Crippen LogP contribution in [0.3, 0.4) is 0 Å². The summed E-state index contributed by atoms with van der Waals surface area (Å²) in [6, 6.07) is 11.8. The number of nitrogens with one attached hydrogen (secondary N) is 1. The number of ether oxygens (including phenoxy) is 1. The normalized spacial score (nSPS) is 11.8. The molecule has 0 radical (unpaired) electrons. The van der Waals surface area contributed by atoms with Crippen molar-refractivity contribution in [1.29, 1.82) is 0 Å². The predicted molar refractivity (Wildman–Crippen MR) is 92.0 cm³/mol. The van der Waals surface area contributed by atoms with Gasteiger partial charge < -0.3 is 10.1 Å². The first-order chi connectivity index (χ1) is 11.0. The molecular formula is C18H19BrFNO2. The van der Waals surface area contributed by atoms with Gasteiger partial charge in [0, 0.05) is 6.42 Å². The fourth-order valence-electron chi connectivity index (χ4n) is 2.26. The number of rotatable bonds is 6. The summed E-state index contributed by atoms with van der Waals surface area (Å²) in [6.07, 6.45) is 0.957. The van der Waals surface area contributed by atoms with Crippen molar-refractivity contribution in [3.05, 3.63) is 63.9 Å². The Labute approximate surface area is 144 Å². The van der Waals surface area contributed by atoms with E-state index in [1.54, 1.807) is 19.2 Å². The van der Waals surface area contributed by atoms with Gasteiger partial charge in [0.25, 0.3) is 0 Å². The Morgan fingerprint density at radius 1 is 1.26 bits per heavy atom. The molecule has 1 unspecified atom stereocenters. The zero-order chi connectivity index (χ0) is 16.8. The molecule has 0 aromatic heterocycles. The van der Waals surface area contributed by atoms with Crippen LogP contribution in [0.25, 0.3) is 0 Å². The van der Waals surface area contributed by atoms with Crippen LogP contribution >= 0.6 is 15.9 Å². The molecule has 0 saturated heterocycles. The number of methoxy groups -OCH3 is 1. The molecule has 0 heterocycles. The van der Waals surface area contributed by atoms with Crippen molar-refractivity contribution in [3.8, 4) is 5.75 Å². The van der Waals surface area contributed by atoms with Crippen molar-refractivity contribution in [1.82, 2.24) is 5.32 Å². The zero-order valence-corrected chi connectivity index (χ0v) is 14.7. The molecule has 122 valence electrons. The smallest absolute Gasteiger partial charge is 0.220 e. The van der Waals surface area contributed by atoms with Crippen LogP contribution in [0, 0.1) is 5.82 Å². The van der Waals surface area contributed by atoms with Gasteiger partial charge in [-0.2, -0.15) is 0 Å². The average molecular weight is 380 g/mol. The highest BCUT2D eigenvalue weighted by Gasteiger charge is 2.11. The number of aryl methyl sites for hydroxylation is 1. The monoisotopic (exact) mass is 379 g/mol. The van der Waals surface area contributed by atoms with Gasteiger partial charge in [-0.25, -0.2) is 4.39 Å². The lowest BCUT2D eigenvalue weighted by Gasteiger charge is -2.15. The zero-order valence-electron chi connectivity index (χ0n) is 13.1. The van der Waals surface area contributed by atoms with Gasteiger partial charge in [-0.15, -0.1) is 0 Å². The van der Waals surface area contributed by atoms with E-state index in [9.17, 15) is 9.18 Å². The molecule has 0 bridgehead atoms. The van der Waals surface area contributed by atoms with Gasteiger partial charge in [0.1, 0.15) is 11.6 Å². The van der Waals surface area contributed by atoms with Crippen LogP contribution < -0.4 is 10.1 Å².